The van der Waals surface area contributed by atoms with Crippen molar-refractivity contribution in [2.75, 3.05) is 11.9 Å². The van der Waals surface area contributed by atoms with E-state index in [-0.39, 0.29) is 10.8 Å². The highest BCUT2D eigenvalue weighted by Crippen LogP contribution is 2.28. The van der Waals surface area contributed by atoms with Crippen molar-refractivity contribution in [1.82, 2.24) is 4.31 Å². The van der Waals surface area contributed by atoms with Crippen LogP contribution < -0.4 is 5.32 Å². The summed E-state index contributed by atoms with van der Waals surface area (Å²) in [5.74, 6) is 0.158. The molecular formula is C21H25ClN2O3S. The summed E-state index contributed by atoms with van der Waals surface area (Å²) in [5.41, 5.74) is 1.89. The minimum atomic E-state index is -3.75. The molecule has 0 aromatic heterocycles. The van der Waals surface area contributed by atoms with Gasteiger partial charge in [0, 0.05) is 17.3 Å². The van der Waals surface area contributed by atoms with Crippen LogP contribution in [0.4, 0.5) is 5.69 Å². The topological polar surface area (TPSA) is 66.5 Å². The smallest absolute Gasteiger partial charge is 0.243 e. The quantitative estimate of drug-likeness (QED) is 0.739. The van der Waals surface area contributed by atoms with Gasteiger partial charge in [0.2, 0.25) is 15.9 Å². The van der Waals surface area contributed by atoms with Gasteiger partial charge >= 0.3 is 0 Å². The number of sulfonamides is 1. The molecule has 5 nitrogen and oxygen atoms in total. The second-order valence-electron chi connectivity index (χ2n) is 7.15. The molecule has 1 aliphatic heterocycles. The normalized spacial score (nSPS) is 18.8. The van der Waals surface area contributed by atoms with Gasteiger partial charge in [-0.2, -0.15) is 4.31 Å². The lowest BCUT2D eigenvalue weighted by atomic mass is 9.98. The van der Waals surface area contributed by atoms with Crippen molar-refractivity contribution in [3.05, 3.63) is 59.1 Å². The SMILES string of the molecule is CC[C@H](C)c1ccc(NC(=O)[C@H]2CCCN2S(=O)(=O)c2ccc(Cl)cc2)cc1. The summed E-state index contributed by atoms with van der Waals surface area (Å²) in [5, 5.41) is 3.33. The van der Waals surface area contributed by atoms with E-state index in [4.69, 9.17) is 11.6 Å². The predicted molar refractivity (Wildman–Crippen MR) is 112 cm³/mol. The number of amides is 1. The molecule has 7 heteroatoms. The Kier molecular flexibility index (Phi) is 6.43. The van der Waals surface area contributed by atoms with Crippen molar-refractivity contribution >= 4 is 33.2 Å². The number of anilines is 1. The van der Waals surface area contributed by atoms with E-state index in [1.54, 1.807) is 12.1 Å². The van der Waals surface area contributed by atoms with Crippen LogP contribution in [-0.2, 0) is 14.8 Å². The monoisotopic (exact) mass is 420 g/mol. The molecule has 1 amide bonds. The number of carbonyl (C=O) groups is 1. The fourth-order valence-electron chi connectivity index (χ4n) is 3.39. The fraction of sp³-hybridized carbons (Fsp3) is 0.381. The summed E-state index contributed by atoms with van der Waals surface area (Å²) >= 11 is 5.86. The van der Waals surface area contributed by atoms with Gasteiger partial charge < -0.3 is 5.32 Å². The number of hydrogen-bond donors (Lipinski definition) is 1. The first-order chi connectivity index (χ1) is 13.3. The third kappa shape index (κ3) is 4.40. The Labute approximate surface area is 171 Å². The van der Waals surface area contributed by atoms with Crippen LogP contribution in [0.25, 0.3) is 0 Å². The van der Waals surface area contributed by atoms with Crippen molar-refractivity contribution in [3.63, 3.8) is 0 Å². The average Bonchev–Trinajstić information content (AvgIpc) is 3.19. The van der Waals surface area contributed by atoms with Gasteiger partial charge in [0.05, 0.1) is 4.90 Å². The molecule has 2 aromatic rings. The summed E-state index contributed by atoms with van der Waals surface area (Å²) < 4.78 is 27.2. The molecule has 1 N–H and O–H groups in total. The molecule has 1 aliphatic rings. The number of nitrogens with zero attached hydrogens (tertiary/aromatic N) is 1. The molecule has 2 atom stereocenters. The van der Waals surface area contributed by atoms with Crippen molar-refractivity contribution in [1.29, 1.82) is 0 Å². The largest absolute Gasteiger partial charge is 0.325 e. The van der Waals surface area contributed by atoms with E-state index in [0.717, 1.165) is 6.42 Å². The van der Waals surface area contributed by atoms with Crippen LogP contribution in [0.2, 0.25) is 5.02 Å². The van der Waals surface area contributed by atoms with Crippen molar-refractivity contribution < 1.29 is 13.2 Å². The fourth-order valence-corrected chi connectivity index (χ4v) is 5.17. The number of nitrogens with one attached hydrogen (secondary N) is 1. The average molecular weight is 421 g/mol. The van der Waals surface area contributed by atoms with Gasteiger partial charge in [0.15, 0.2) is 0 Å². The third-order valence-electron chi connectivity index (χ3n) is 5.29. The molecule has 1 fully saturated rings. The van der Waals surface area contributed by atoms with E-state index in [1.807, 2.05) is 24.3 Å². The molecule has 0 saturated carbocycles. The molecule has 3 rings (SSSR count). The second kappa shape index (κ2) is 8.64. The molecule has 28 heavy (non-hydrogen) atoms. The number of rotatable bonds is 6. The van der Waals surface area contributed by atoms with Gasteiger partial charge in [-0.05, 0) is 67.1 Å². The molecule has 2 aromatic carbocycles. The second-order valence-corrected chi connectivity index (χ2v) is 9.48. The summed E-state index contributed by atoms with van der Waals surface area (Å²) in [6, 6.07) is 13.0. The predicted octanol–water partition coefficient (Wildman–Crippen LogP) is 4.65. The van der Waals surface area contributed by atoms with E-state index in [1.165, 1.54) is 22.0 Å². The molecule has 0 unspecified atom stereocenters. The van der Waals surface area contributed by atoms with Crippen molar-refractivity contribution in [2.45, 2.75) is 50.0 Å². The van der Waals surface area contributed by atoms with E-state index in [0.29, 0.717) is 36.0 Å². The first-order valence-electron chi connectivity index (χ1n) is 9.51. The van der Waals surface area contributed by atoms with Gasteiger partial charge in [-0.25, -0.2) is 8.42 Å². The number of halogens is 1. The van der Waals surface area contributed by atoms with Crippen molar-refractivity contribution in [2.24, 2.45) is 0 Å². The lowest BCUT2D eigenvalue weighted by molar-refractivity contribution is -0.119. The van der Waals surface area contributed by atoms with Crippen LogP contribution in [0, 0.1) is 0 Å². The lowest BCUT2D eigenvalue weighted by Gasteiger charge is -2.23. The number of benzene rings is 2. The minimum absolute atomic E-state index is 0.148. The highest BCUT2D eigenvalue weighted by molar-refractivity contribution is 7.89. The zero-order valence-electron chi connectivity index (χ0n) is 16.1. The van der Waals surface area contributed by atoms with Gasteiger partial charge in [-0.3, -0.25) is 4.79 Å². The van der Waals surface area contributed by atoms with Crippen LogP contribution in [0.3, 0.4) is 0 Å². The van der Waals surface area contributed by atoms with Crippen LogP contribution in [-0.4, -0.2) is 31.2 Å². The van der Waals surface area contributed by atoms with E-state index < -0.39 is 16.1 Å². The number of hydrogen-bond acceptors (Lipinski definition) is 3. The molecule has 0 bridgehead atoms. The van der Waals surface area contributed by atoms with E-state index in [9.17, 15) is 13.2 Å². The van der Waals surface area contributed by atoms with Gasteiger partial charge in [0.25, 0.3) is 0 Å². The summed E-state index contributed by atoms with van der Waals surface area (Å²) in [6.07, 6.45) is 2.20. The summed E-state index contributed by atoms with van der Waals surface area (Å²) in [4.78, 5) is 12.9. The standard InChI is InChI=1S/C21H25ClN2O3S/c1-3-15(2)16-6-10-18(11-7-16)23-21(25)20-5-4-14-24(20)28(26,27)19-12-8-17(22)9-13-19/h6-13,15,20H,3-5,14H2,1-2H3,(H,23,25)/t15-,20+/m0/s1. The van der Waals surface area contributed by atoms with Gasteiger partial charge in [-0.1, -0.05) is 37.6 Å². The third-order valence-corrected chi connectivity index (χ3v) is 7.46. The Balaban J connectivity index is 1.75. The molecule has 150 valence electrons. The molecule has 1 saturated heterocycles. The Morgan fingerprint density at radius 3 is 2.43 bits per heavy atom. The van der Waals surface area contributed by atoms with E-state index in [2.05, 4.69) is 19.2 Å². The Hall–Kier alpha value is -1.89. The van der Waals surface area contributed by atoms with Gasteiger partial charge in [-0.15, -0.1) is 0 Å². The maximum Gasteiger partial charge on any atom is 0.243 e. The highest BCUT2D eigenvalue weighted by atomic mass is 35.5. The van der Waals surface area contributed by atoms with Crippen LogP contribution in [0.1, 0.15) is 44.6 Å². The minimum Gasteiger partial charge on any atom is -0.325 e. The molecular weight excluding hydrogens is 396 g/mol. The first-order valence-corrected chi connectivity index (χ1v) is 11.3. The molecule has 0 aliphatic carbocycles. The molecule has 0 spiro atoms. The van der Waals surface area contributed by atoms with Crippen LogP contribution in [0.5, 0.6) is 0 Å². The Morgan fingerprint density at radius 1 is 1.18 bits per heavy atom. The van der Waals surface area contributed by atoms with Crippen LogP contribution in [0.15, 0.2) is 53.4 Å². The van der Waals surface area contributed by atoms with Crippen LogP contribution >= 0.6 is 11.6 Å². The lowest BCUT2D eigenvalue weighted by Crippen LogP contribution is -2.43. The maximum absolute atomic E-state index is 13.0. The highest BCUT2D eigenvalue weighted by Gasteiger charge is 2.39. The summed E-state index contributed by atoms with van der Waals surface area (Å²) in [7, 11) is -3.75. The molecule has 1 heterocycles. The Bertz CT molecular complexity index is 927. The zero-order valence-corrected chi connectivity index (χ0v) is 17.6. The number of carbonyl (C=O) groups excluding carboxylic acids is 1. The zero-order chi connectivity index (χ0) is 20.3. The Morgan fingerprint density at radius 2 is 1.82 bits per heavy atom. The summed E-state index contributed by atoms with van der Waals surface area (Å²) in [6.45, 7) is 4.62. The molecule has 0 radical (unpaired) electrons. The van der Waals surface area contributed by atoms with Crippen molar-refractivity contribution in [3.8, 4) is 0 Å². The first kappa shape index (κ1) is 20.8. The maximum atomic E-state index is 13.0. The van der Waals surface area contributed by atoms with E-state index >= 15 is 0 Å². The van der Waals surface area contributed by atoms with Gasteiger partial charge in [0.1, 0.15) is 6.04 Å².